The number of nitrogens with zero attached hydrogens (tertiary/aromatic N) is 2. The summed E-state index contributed by atoms with van der Waals surface area (Å²) in [6, 6.07) is 73.5. The van der Waals surface area contributed by atoms with E-state index in [0.29, 0.717) is 0 Å². The van der Waals surface area contributed by atoms with Gasteiger partial charge in [-0.2, -0.15) is 0 Å². The average molecular weight is 719 g/mol. The Morgan fingerprint density at radius 3 is 1.60 bits per heavy atom. The van der Waals surface area contributed by atoms with E-state index < -0.39 is 0 Å². The smallest absolute Gasteiger partial charge is 0.160 e. The number of fused-ring (bicyclic) bond motifs is 3. The lowest BCUT2D eigenvalue weighted by Gasteiger charge is -2.15. The molecule has 0 aliphatic heterocycles. The molecule has 0 atom stereocenters. The zero-order valence-corrected chi connectivity index (χ0v) is 30.7. The van der Waals surface area contributed by atoms with E-state index in [1.807, 2.05) is 35.6 Å². The summed E-state index contributed by atoms with van der Waals surface area (Å²) in [6.07, 6.45) is 0. The standard InChI is InChI=1S/C52H34N2S/c1-5-15-35(16-6-1)39-23-13-24-42(31-39)45-32-40(27-29-43(45)36-17-7-2-8-18-36)41-28-30-49-46(33-41)51-44(25-14-26-50(51)55-49)48-34-47(37-19-9-3-10-20-37)53-52(54-48)38-21-11-4-12-22-38/h1-34H. The zero-order valence-electron chi connectivity index (χ0n) is 29.9. The summed E-state index contributed by atoms with van der Waals surface area (Å²) < 4.78 is 2.49. The Kier molecular flexibility index (Phi) is 8.40. The summed E-state index contributed by atoms with van der Waals surface area (Å²) >= 11 is 1.83. The highest BCUT2D eigenvalue weighted by Crippen LogP contribution is 2.43. The van der Waals surface area contributed by atoms with Crippen molar-refractivity contribution in [3.63, 3.8) is 0 Å². The molecule has 0 saturated heterocycles. The molecule has 55 heavy (non-hydrogen) atoms. The van der Waals surface area contributed by atoms with Crippen molar-refractivity contribution >= 4 is 31.5 Å². The summed E-state index contributed by atoms with van der Waals surface area (Å²) in [5.41, 5.74) is 14.6. The van der Waals surface area contributed by atoms with E-state index in [0.717, 1.165) is 33.9 Å². The Balaban J connectivity index is 1.14. The molecule has 10 rings (SSSR count). The van der Waals surface area contributed by atoms with Gasteiger partial charge >= 0.3 is 0 Å². The van der Waals surface area contributed by atoms with Crippen LogP contribution in [0.5, 0.6) is 0 Å². The predicted octanol–water partition coefficient (Wildman–Crippen LogP) is 14.5. The first-order chi connectivity index (χ1) is 27.2. The largest absolute Gasteiger partial charge is 0.228 e. The Morgan fingerprint density at radius 2 is 0.855 bits per heavy atom. The van der Waals surface area contributed by atoms with Crippen molar-refractivity contribution in [2.24, 2.45) is 0 Å². The quantitative estimate of drug-likeness (QED) is 0.164. The van der Waals surface area contributed by atoms with Gasteiger partial charge in [-0.15, -0.1) is 11.3 Å². The number of thiophene rings is 1. The van der Waals surface area contributed by atoms with E-state index in [2.05, 4.69) is 182 Å². The van der Waals surface area contributed by atoms with Gasteiger partial charge in [-0.3, -0.25) is 0 Å². The van der Waals surface area contributed by atoms with Crippen molar-refractivity contribution in [1.29, 1.82) is 0 Å². The number of hydrogen-bond donors (Lipinski definition) is 0. The molecular formula is C52H34N2S. The molecule has 0 bridgehead atoms. The minimum Gasteiger partial charge on any atom is -0.228 e. The van der Waals surface area contributed by atoms with Crippen LogP contribution in [0.2, 0.25) is 0 Å². The fourth-order valence-corrected chi connectivity index (χ4v) is 8.72. The van der Waals surface area contributed by atoms with Crippen LogP contribution in [0.1, 0.15) is 0 Å². The Labute approximate surface area is 324 Å². The molecule has 2 heterocycles. The normalized spacial score (nSPS) is 11.3. The first-order valence-electron chi connectivity index (χ1n) is 18.6. The fourth-order valence-electron chi connectivity index (χ4n) is 7.61. The lowest BCUT2D eigenvalue weighted by Crippen LogP contribution is -1.96. The SMILES string of the molecule is c1ccc(-c2cccc(-c3cc(-c4ccc5sc6cccc(-c7cc(-c8ccccc8)nc(-c8ccccc8)n7)c6c5c4)ccc3-c3ccccc3)c2)cc1. The van der Waals surface area contributed by atoms with Crippen molar-refractivity contribution in [2.75, 3.05) is 0 Å². The topological polar surface area (TPSA) is 25.8 Å². The summed E-state index contributed by atoms with van der Waals surface area (Å²) in [7, 11) is 0. The van der Waals surface area contributed by atoms with Gasteiger partial charge in [-0.1, -0.05) is 170 Å². The summed E-state index contributed by atoms with van der Waals surface area (Å²) in [5.74, 6) is 0.719. The van der Waals surface area contributed by atoms with E-state index in [4.69, 9.17) is 9.97 Å². The molecule has 0 fully saturated rings. The maximum absolute atomic E-state index is 5.22. The molecule has 0 spiro atoms. The second-order valence-electron chi connectivity index (χ2n) is 13.8. The third-order valence-corrected chi connectivity index (χ3v) is 11.5. The Bertz CT molecular complexity index is 2900. The predicted molar refractivity (Wildman–Crippen MR) is 233 cm³/mol. The monoisotopic (exact) mass is 718 g/mol. The molecule has 3 heteroatoms. The van der Waals surface area contributed by atoms with Gasteiger partial charge in [0.15, 0.2) is 5.82 Å². The maximum atomic E-state index is 5.22. The molecule has 0 aliphatic rings. The number of benzene rings is 8. The second kappa shape index (κ2) is 14.1. The Hall–Kier alpha value is -6.94. The molecular weight excluding hydrogens is 685 g/mol. The van der Waals surface area contributed by atoms with Crippen LogP contribution in [-0.4, -0.2) is 9.97 Å². The number of hydrogen-bond acceptors (Lipinski definition) is 3. The average Bonchev–Trinajstić information content (AvgIpc) is 3.66. The van der Waals surface area contributed by atoms with Crippen molar-refractivity contribution in [3.8, 4) is 78.4 Å². The molecule has 0 N–H and O–H groups in total. The van der Waals surface area contributed by atoms with Gasteiger partial charge in [0.05, 0.1) is 11.4 Å². The minimum absolute atomic E-state index is 0.719. The van der Waals surface area contributed by atoms with E-state index in [1.165, 1.54) is 64.7 Å². The van der Waals surface area contributed by atoms with Crippen LogP contribution in [0.15, 0.2) is 206 Å². The van der Waals surface area contributed by atoms with Gasteiger partial charge in [0.2, 0.25) is 0 Å². The first-order valence-corrected chi connectivity index (χ1v) is 19.4. The molecule has 0 unspecified atom stereocenters. The molecule has 258 valence electrons. The highest BCUT2D eigenvalue weighted by molar-refractivity contribution is 7.26. The van der Waals surface area contributed by atoms with E-state index >= 15 is 0 Å². The second-order valence-corrected chi connectivity index (χ2v) is 14.8. The van der Waals surface area contributed by atoms with Crippen LogP contribution in [0.25, 0.3) is 98.6 Å². The molecule has 10 aromatic rings. The van der Waals surface area contributed by atoms with Gasteiger partial charge < -0.3 is 0 Å². The van der Waals surface area contributed by atoms with Gasteiger partial charge in [-0.05, 0) is 80.9 Å². The fraction of sp³-hybridized carbons (Fsp3) is 0. The highest BCUT2D eigenvalue weighted by atomic mass is 32.1. The van der Waals surface area contributed by atoms with Gasteiger partial charge in [0.1, 0.15) is 0 Å². The van der Waals surface area contributed by atoms with Crippen LogP contribution >= 0.6 is 11.3 Å². The summed E-state index contributed by atoms with van der Waals surface area (Å²) in [4.78, 5) is 10.3. The first kappa shape index (κ1) is 32.7. The minimum atomic E-state index is 0.719. The number of rotatable bonds is 7. The van der Waals surface area contributed by atoms with Gasteiger partial charge in [0, 0.05) is 36.9 Å². The van der Waals surface area contributed by atoms with Crippen molar-refractivity contribution in [3.05, 3.63) is 206 Å². The summed E-state index contributed by atoms with van der Waals surface area (Å²) in [5, 5.41) is 2.45. The van der Waals surface area contributed by atoms with Crippen LogP contribution < -0.4 is 0 Å². The molecule has 2 nitrogen and oxygen atoms in total. The third kappa shape index (κ3) is 6.31. The highest BCUT2D eigenvalue weighted by Gasteiger charge is 2.17. The molecule has 0 radical (unpaired) electrons. The summed E-state index contributed by atoms with van der Waals surface area (Å²) in [6.45, 7) is 0. The third-order valence-electron chi connectivity index (χ3n) is 10.3. The lowest BCUT2D eigenvalue weighted by atomic mass is 9.89. The van der Waals surface area contributed by atoms with E-state index in [-0.39, 0.29) is 0 Å². The lowest BCUT2D eigenvalue weighted by molar-refractivity contribution is 1.19. The van der Waals surface area contributed by atoms with Crippen LogP contribution in [0.3, 0.4) is 0 Å². The van der Waals surface area contributed by atoms with Crippen molar-refractivity contribution < 1.29 is 0 Å². The molecule has 2 aromatic heterocycles. The molecule has 0 aliphatic carbocycles. The van der Waals surface area contributed by atoms with Crippen molar-refractivity contribution in [1.82, 2.24) is 9.97 Å². The zero-order chi connectivity index (χ0) is 36.6. The van der Waals surface area contributed by atoms with E-state index in [1.54, 1.807) is 0 Å². The van der Waals surface area contributed by atoms with Gasteiger partial charge in [-0.25, -0.2) is 9.97 Å². The van der Waals surface area contributed by atoms with E-state index in [9.17, 15) is 0 Å². The molecule has 8 aromatic carbocycles. The molecule has 0 amide bonds. The van der Waals surface area contributed by atoms with Crippen LogP contribution in [-0.2, 0) is 0 Å². The number of aromatic nitrogens is 2. The van der Waals surface area contributed by atoms with Crippen LogP contribution in [0.4, 0.5) is 0 Å². The molecule has 0 saturated carbocycles. The van der Waals surface area contributed by atoms with Crippen molar-refractivity contribution in [2.45, 2.75) is 0 Å². The van der Waals surface area contributed by atoms with Gasteiger partial charge in [0.25, 0.3) is 0 Å². The van der Waals surface area contributed by atoms with Crippen LogP contribution in [0, 0.1) is 0 Å². The maximum Gasteiger partial charge on any atom is 0.160 e. The Morgan fingerprint density at radius 1 is 0.291 bits per heavy atom.